The summed E-state index contributed by atoms with van der Waals surface area (Å²) in [6.45, 7) is 0.740. The quantitative estimate of drug-likeness (QED) is 0.414. The number of urea groups is 1. The number of nitrogens with zero attached hydrogens (tertiary/aromatic N) is 3. The molecular formula is C17H10F7N3O3. The Bertz CT molecular complexity index is 1030. The highest BCUT2D eigenvalue weighted by molar-refractivity contribution is 6.21. The molecular weight excluding hydrogens is 427 g/mol. The summed E-state index contributed by atoms with van der Waals surface area (Å²) in [4.78, 5) is 29.4. The van der Waals surface area contributed by atoms with Gasteiger partial charge in [-0.1, -0.05) is 0 Å². The lowest BCUT2D eigenvalue weighted by atomic mass is 10.2. The van der Waals surface area contributed by atoms with Crippen molar-refractivity contribution in [3.63, 3.8) is 0 Å². The van der Waals surface area contributed by atoms with Gasteiger partial charge in [-0.3, -0.25) is 9.78 Å². The van der Waals surface area contributed by atoms with E-state index in [0.717, 1.165) is 11.1 Å². The van der Waals surface area contributed by atoms with E-state index >= 15 is 0 Å². The van der Waals surface area contributed by atoms with Crippen molar-refractivity contribution < 1.29 is 45.1 Å². The number of hydrogen-bond acceptors (Lipinski definition) is 4. The van der Waals surface area contributed by atoms with Crippen LogP contribution in [0.2, 0.25) is 0 Å². The van der Waals surface area contributed by atoms with E-state index in [2.05, 4.69) is 9.72 Å². The van der Waals surface area contributed by atoms with Gasteiger partial charge in [0.25, 0.3) is 5.91 Å². The molecule has 0 radical (unpaired) electrons. The van der Waals surface area contributed by atoms with Gasteiger partial charge in [0.2, 0.25) is 11.6 Å². The lowest BCUT2D eigenvalue weighted by molar-refractivity contribution is -0.276. The third kappa shape index (κ3) is 3.74. The zero-order chi connectivity index (χ0) is 22.4. The molecule has 160 valence electrons. The van der Waals surface area contributed by atoms with Gasteiger partial charge in [-0.15, -0.1) is 13.2 Å². The molecule has 1 aliphatic heterocycles. The molecule has 1 aromatic carbocycles. The van der Waals surface area contributed by atoms with E-state index in [1.54, 1.807) is 0 Å². The van der Waals surface area contributed by atoms with Crippen LogP contribution in [-0.2, 0) is 11.3 Å². The Morgan fingerprint density at radius 1 is 1.10 bits per heavy atom. The summed E-state index contributed by atoms with van der Waals surface area (Å²) >= 11 is 0. The van der Waals surface area contributed by atoms with Crippen molar-refractivity contribution in [1.29, 1.82) is 0 Å². The van der Waals surface area contributed by atoms with Crippen LogP contribution in [-0.4, -0.2) is 34.2 Å². The summed E-state index contributed by atoms with van der Waals surface area (Å²) in [7, 11) is 0. The molecule has 2 aromatic rings. The number of halogens is 7. The predicted molar refractivity (Wildman–Crippen MR) is 85.1 cm³/mol. The number of carbonyl (C=O) groups is 2. The van der Waals surface area contributed by atoms with Crippen LogP contribution >= 0.6 is 0 Å². The second kappa shape index (κ2) is 7.46. The highest BCUT2D eigenvalue weighted by Gasteiger charge is 2.46. The Kier molecular flexibility index (Phi) is 5.31. The topological polar surface area (TPSA) is 62.7 Å². The number of amides is 3. The van der Waals surface area contributed by atoms with Gasteiger partial charge in [0.1, 0.15) is 11.9 Å². The summed E-state index contributed by atoms with van der Waals surface area (Å²) in [5.41, 5.74) is -1.30. The second-order valence-electron chi connectivity index (χ2n) is 6.11. The summed E-state index contributed by atoms with van der Waals surface area (Å²) < 4.78 is 96.0. The first-order valence-electron chi connectivity index (χ1n) is 8.08. The van der Waals surface area contributed by atoms with Crippen LogP contribution in [0.4, 0.5) is 41.2 Å². The molecule has 1 aliphatic rings. The maximum absolute atomic E-state index is 14.3. The second-order valence-corrected chi connectivity index (χ2v) is 6.11. The minimum absolute atomic E-state index is 0.0263. The number of pyridine rings is 1. The van der Waals surface area contributed by atoms with Crippen molar-refractivity contribution in [2.45, 2.75) is 25.9 Å². The first-order chi connectivity index (χ1) is 13.9. The van der Waals surface area contributed by atoms with Crippen molar-refractivity contribution in [1.82, 2.24) is 9.88 Å². The number of benzene rings is 1. The fourth-order valence-electron chi connectivity index (χ4n) is 2.79. The van der Waals surface area contributed by atoms with E-state index in [4.69, 9.17) is 0 Å². The van der Waals surface area contributed by atoms with Crippen molar-refractivity contribution in [2.75, 3.05) is 4.90 Å². The molecule has 1 saturated heterocycles. The molecule has 6 nitrogen and oxygen atoms in total. The molecule has 3 amide bonds. The van der Waals surface area contributed by atoms with E-state index in [9.17, 15) is 40.3 Å². The Labute approximate surface area is 163 Å². The average Bonchev–Trinajstić information content (AvgIpc) is 2.86. The largest absolute Gasteiger partial charge is 0.573 e. The monoisotopic (exact) mass is 437 g/mol. The van der Waals surface area contributed by atoms with E-state index in [1.807, 2.05) is 0 Å². The first kappa shape index (κ1) is 21.3. The lowest BCUT2D eigenvalue weighted by Crippen LogP contribution is -2.34. The fraction of sp³-hybridized carbons (Fsp3) is 0.235. The highest BCUT2D eigenvalue weighted by Crippen LogP contribution is 2.37. The molecule has 30 heavy (non-hydrogen) atoms. The van der Waals surface area contributed by atoms with Gasteiger partial charge >= 0.3 is 12.4 Å². The average molecular weight is 437 g/mol. The van der Waals surface area contributed by atoms with Crippen LogP contribution < -0.4 is 9.64 Å². The van der Waals surface area contributed by atoms with Crippen molar-refractivity contribution in [2.24, 2.45) is 0 Å². The van der Waals surface area contributed by atoms with E-state index in [0.29, 0.717) is 0 Å². The Morgan fingerprint density at radius 2 is 1.77 bits per heavy atom. The van der Waals surface area contributed by atoms with Gasteiger partial charge < -0.3 is 9.64 Å². The maximum atomic E-state index is 14.3. The predicted octanol–water partition coefficient (Wildman–Crippen LogP) is 3.89. The van der Waals surface area contributed by atoms with E-state index in [1.165, 1.54) is 19.2 Å². The number of ether oxygens (including phenoxy) is 1. The van der Waals surface area contributed by atoms with Crippen LogP contribution in [0.5, 0.6) is 5.75 Å². The highest BCUT2D eigenvalue weighted by atomic mass is 19.4. The molecule has 13 heteroatoms. The molecule has 1 fully saturated rings. The van der Waals surface area contributed by atoms with Crippen LogP contribution in [0.1, 0.15) is 12.5 Å². The van der Waals surface area contributed by atoms with Gasteiger partial charge in [0.15, 0.2) is 11.6 Å². The van der Waals surface area contributed by atoms with Gasteiger partial charge in [0.05, 0.1) is 18.4 Å². The number of carbonyl (C=O) groups excluding carboxylic acids is 2. The fourth-order valence-corrected chi connectivity index (χ4v) is 2.79. The van der Waals surface area contributed by atoms with Gasteiger partial charge in [-0.2, -0.15) is 4.39 Å². The molecule has 0 spiro atoms. The standard InChI is InChI=1S/C17H10F7N3O3/c1-7-15(28)27(16(29)26(7)6-8-2-3-25-5-10(8)19)11-4-9(18)14(13(21)12(11)20)30-17(22,23)24/h2-5,7H,6H2,1H3. The van der Waals surface area contributed by atoms with Crippen LogP contribution in [0.15, 0.2) is 24.5 Å². The third-order valence-electron chi connectivity index (χ3n) is 4.24. The molecule has 3 rings (SSSR count). The van der Waals surface area contributed by atoms with Crippen LogP contribution in [0.25, 0.3) is 0 Å². The first-order valence-corrected chi connectivity index (χ1v) is 8.08. The molecule has 0 bridgehead atoms. The van der Waals surface area contributed by atoms with Gasteiger partial charge in [-0.25, -0.2) is 22.9 Å². The zero-order valence-corrected chi connectivity index (χ0v) is 14.8. The van der Waals surface area contributed by atoms with Crippen LogP contribution in [0, 0.1) is 23.3 Å². The Hall–Kier alpha value is -3.38. The minimum atomic E-state index is -5.52. The summed E-state index contributed by atoms with van der Waals surface area (Å²) in [5, 5.41) is 0. The SMILES string of the molecule is CC1C(=O)N(c2cc(F)c(OC(F)(F)F)c(F)c2F)C(=O)N1Cc1ccncc1F. The summed E-state index contributed by atoms with van der Waals surface area (Å²) in [6, 6.07) is -1.31. The molecule has 0 aliphatic carbocycles. The molecule has 0 saturated carbocycles. The number of anilines is 1. The molecule has 1 atom stereocenters. The Balaban J connectivity index is 1.99. The van der Waals surface area contributed by atoms with Crippen molar-refractivity contribution in [3.8, 4) is 5.75 Å². The number of rotatable bonds is 4. The summed E-state index contributed by atoms with van der Waals surface area (Å²) in [5.74, 6) is -10.5. The van der Waals surface area contributed by atoms with Crippen molar-refractivity contribution in [3.05, 3.63) is 53.4 Å². The number of hydrogen-bond donors (Lipinski definition) is 0. The van der Waals surface area contributed by atoms with Gasteiger partial charge in [0, 0.05) is 17.8 Å². The smallest absolute Gasteiger partial charge is 0.399 e. The third-order valence-corrected chi connectivity index (χ3v) is 4.24. The van der Waals surface area contributed by atoms with Crippen LogP contribution in [0.3, 0.4) is 0 Å². The summed E-state index contributed by atoms with van der Waals surface area (Å²) in [6.07, 6.45) is -3.45. The number of aromatic nitrogens is 1. The molecule has 2 heterocycles. The van der Waals surface area contributed by atoms with Crippen molar-refractivity contribution >= 4 is 17.6 Å². The maximum Gasteiger partial charge on any atom is 0.573 e. The van der Waals surface area contributed by atoms with E-state index in [-0.39, 0.29) is 16.5 Å². The zero-order valence-electron chi connectivity index (χ0n) is 14.8. The number of imide groups is 1. The molecule has 1 unspecified atom stereocenters. The molecule has 0 N–H and O–H groups in total. The minimum Gasteiger partial charge on any atom is -0.399 e. The van der Waals surface area contributed by atoms with Gasteiger partial charge in [-0.05, 0) is 13.0 Å². The Morgan fingerprint density at radius 3 is 2.37 bits per heavy atom. The molecule has 1 aromatic heterocycles. The number of alkyl halides is 3. The lowest BCUT2D eigenvalue weighted by Gasteiger charge is -2.20. The van der Waals surface area contributed by atoms with E-state index < -0.39 is 65.6 Å². The normalized spacial score (nSPS) is 17.1.